The molecule has 0 saturated carbocycles. The molecule has 0 aromatic carbocycles. The Morgan fingerprint density at radius 1 is 1.18 bits per heavy atom. The summed E-state index contributed by atoms with van der Waals surface area (Å²) in [7, 11) is 0. The van der Waals surface area contributed by atoms with Crippen molar-refractivity contribution in [1.82, 2.24) is 4.90 Å². The van der Waals surface area contributed by atoms with Crippen molar-refractivity contribution in [1.29, 1.82) is 0 Å². The molecule has 3 aliphatic rings. The van der Waals surface area contributed by atoms with Crippen LogP contribution >= 0.6 is 0 Å². The van der Waals surface area contributed by atoms with Gasteiger partial charge < -0.3 is 14.4 Å². The quantitative estimate of drug-likeness (QED) is 0.649. The lowest BCUT2D eigenvalue weighted by molar-refractivity contribution is 0.0206. The fraction of sp³-hybridized carbons (Fsp3) is 0.923. The van der Waals surface area contributed by atoms with Gasteiger partial charge in [0.05, 0.1) is 12.2 Å². The number of nitrogens with zero attached hydrogens (tertiary/aromatic N) is 1. The maximum atomic E-state index is 12.0. The van der Waals surface area contributed by atoms with Gasteiger partial charge in [0.15, 0.2) is 0 Å². The number of likely N-dealkylation sites (tertiary alicyclic amines) is 1. The van der Waals surface area contributed by atoms with Crippen LogP contribution in [0, 0.1) is 11.8 Å². The minimum atomic E-state index is -0.399. The lowest BCUT2D eigenvalue weighted by Crippen LogP contribution is -2.36. The fourth-order valence-corrected chi connectivity index (χ4v) is 3.44. The molecule has 3 aliphatic heterocycles. The Morgan fingerprint density at radius 2 is 1.71 bits per heavy atom. The van der Waals surface area contributed by atoms with Crippen LogP contribution in [0.5, 0.6) is 0 Å². The Labute approximate surface area is 102 Å². The smallest absolute Gasteiger partial charge is 0.410 e. The van der Waals surface area contributed by atoms with Crippen LogP contribution in [0.25, 0.3) is 0 Å². The second-order valence-corrected chi connectivity index (χ2v) is 6.50. The van der Waals surface area contributed by atoms with E-state index in [-0.39, 0.29) is 6.09 Å². The highest BCUT2D eigenvalue weighted by atomic mass is 16.6. The summed E-state index contributed by atoms with van der Waals surface area (Å²) >= 11 is 0. The summed E-state index contributed by atoms with van der Waals surface area (Å²) in [6.07, 6.45) is 2.99. The summed E-state index contributed by atoms with van der Waals surface area (Å²) < 4.78 is 11.3. The zero-order valence-corrected chi connectivity index (χ0v) is 10.8. The second kappa shape index (κ2) is 3.61. The molecule has 0 spiro atoms. The van der Waals surface area contributed by atoms with E-state index >= 15 is 0 Å². The fourth-order valence-electron chi connectivity index (χ4n) is 3.44. The van der Waals surface area contributed by atoms with Crippen molar-refractivity contribution in [3.63, 3.8) is 0 Å². The Balaban J connectivity index is 1.63. The Kier molecular flexibility index (Phi) is 2.41. The third kappa shape index (κ3) is 1.92. The molecule has 3 saturated heterocycles. The van der Waals surface area contributed by atoms with Crippen LogP contribution in [-0.2, 0) is 9.47 Å². The second-order valence-electron chi connectivity index (χ2n) is 6.50. The molecule has 0 aromatic heterocycles. The summed E-state index contributed by atoms with van der Waals surface area (Å²) in [5.41, 5.74) is -0.399. The van der Waals surface area contributed by atoms with Gasteiger partial charge in [-0.15, -0.1) is 0 Å². The number of carbonyl (C=O) groups is 1. The van der Waals surface area contributed by atoms with Crippen molar-refractivity contribution in [2.75, 3.05) is 13.1 Å². The van der Waals surface area contributed by atoms with Gasteiger partial charge in [-0.1, -0.05) is 0 Å². The number of hydrogen-bond donors (Lipinski definition) is 0. The highest BCUT2D eigenvalue weighted by Crippen LogP contribution is 2.47. The van der Waals surface area contributed by atoms with Crippen molar-refractivity contribution < 1.29 is 14.3 Å². The molecule has 3 heterocycles. The van der Waals surface area contributed by atoms with Gasteiger partial charge >= 0.3 is 6.09 Å². The van der Waals surface area contributed by atoms with Crippen molar-refractivity contribution in [3.8, 4) is 0 Å². The van der Waals surface area contributed by atoms with E-state index in [1.54, 1.807) is 0 Å². The number of ether oxygens (including phenoxy) is 2. The maximum absolute atomic E-state index is 12.0. The van der Waals surface area contributed by atoms with E-state index in [4.69, 9.17) is 9.47 Å². The molecule has 0 aliphatic carbocycles. The van der Waals surface area contributed by atoms with Crippen molar-refractivity contribution in [2.24, 2.45) is 11.8 Å². The monoisotopic (exact) mass is 239 g/mol. The molecule has 0 radical (unpaired) electrons. The molecule has 2 bridgehead atoms. The first-order chi connectivity index (χ1) is 7.94. The summed E-state index contributed by atoms with van der Waals surface area (Å²) in [6.45, 7) is 7.37. The highest BCUT2D eigenvalue weighted by molar-refractivity contribution is 5.68. The van der Waals surface area contributed by atoms with Gasteiger partial charge in [0.2, 0.25) is 0 Å². The van der Waals surface area contributed by atoms with Crippen LogP contribution in [0.1, 0.15) is 33.6 Å². The molecular formula is C13H21NO3. The molecule has 4 nitrogen and oxygen atoms in total. The first kappa shape index (κ1) is 11.3. The van der Waals surface area contributed by atoms with Crippen LogP contribution in [0.3, 0.4) is 0 Å². The number of hydrogen-bond acceptors (Lipinski definition) is 3. The predicted octanol–water partition coefficient (Wildman–Crippen LogP) is 2.03. The van der Waals surface area contributed by atoms with Gasteiger partial charge in [-0.25, -0.2) is 4.79 Å². The molecule has 4 atom stereocenters. The topological polar surface area (TPSA) is 38.8 Å². The largest absolute Gasteiger partial charge is 0.444 e. The first-order valence-corrected chi connectivity index (χ1v) is 6.57. The van der Waals surface area contributed by atoms with Gasteiger partial charge in [-0.05, 0) is 33.6 Å². The molecule has 96 valence electrons. The summed E-state index contributed by atoms with van der Waals surface area (Å²) in [6, 6.07) is 0. The van der Waals surface area contributed by atoms with E-state index in [0.717, 1.165) is 13.1 Å². The van der Waals surface area contributed by atoms with Crippen molar-refractivity contribution in [2.45, 2.75) is 51.4 Å². The SMILES string of the molecule is CC(C)(C)OC(=O)N1C[C@H]2[C@H](C1)[C@H]1CC[C@H]2O1. The van der Waals surface area contributed by atoms with E-state index in [1.165, 1.54) is 12.8 Å². The normalized spacial score (nSPS) is 39.6. The van der Waals surface area contributed by atoms with E-state index in [2.05, 4.69) is 0 Å². The average molecular weight is 239 g/mol. The molecule has 1 amide bonds. The minimum Gasteiger partial charge on any atom is -0.444 e. The van der Waals surface area contributed by atoms with Gasteiger partial charge in [0.1, 0.15) is 5.60 Å². The number of fused-ring (bicyclic) bond motifs is 5. The van der Waals surface area contributed by atoms with Crippen LogP contribution in [0.4, 0.5) is 4.79 Å². The molecule has 3 rings (SSSR count). The summed E-state index contributed by atoms with van der Waals surface area (Å²) in [5.74, 6) is 1.11. The number of rotatable bonds is 0. The lowest BCUT2D eigenvalue weighted by atomic mass is 9.82. The Hall–Kier alpha value is -0.770. The number of carbonyl (C=O) groups excluding carboxylic acids is 1. The lowest BCUT2D eigenvalue weighted by Gasteiger charge is -2.25. The third-order valence-electron chi connectivity index (χ3n) is 4.10. The molecule has 3 fully saturated rings. The molecular weight excluding hydrogens is 218 g/mol. The molecule has 0 N–H and O–H groups in total. The molecule has 0 aromatic rings. The van der Waals surface area contributed by atoms with Crippen LogP contribution < -0.4 is 0 Å². The molecule has 17 heavy (non-hydrogen) atoms. The third-order valence-corrected chi connectivity index (χ3v) is 4.10. The van der Waals surface area contributed by atoms with Gasteiger partial charge in [0.25, 0.3) is 0 Å². The van der Waals surface area contributed by atoms with E-state index in [9.17, 15) is 4.79 Å². The van der Waals surface area contributed by atoms with Crippen molar-refractivity contribution >= 4 is 6.09 Å². The standard InChI is InChI=1S/C13H21NO3/c1-13(2,3)17-12(15)14-6-8-9(7-14)11-5-4-10(8)16-11/h8-11H,4-7H2,1-3H3/t8-,9-,10+,11+/m0/s1. The summed E-state index contributed by atoms with van der Waals surface area (Å²) in [4.78, 5) is 13.9. The van der Waals surface area contributed by atoms with Crippen LogP contribution in [0.2, 0.25) is 0 Å². The zero-order valence-electron chi connectivity index (χ0n) is 10.8. The Morgan fingerprint density at radius 3 is 2.18 bits per heavy atom. The van der Waals surface area contributed by atoms with E-state index in [0.29, 0.717) is 24.0 Å². The van der Waals surface area contributed by atoms with Gasteiger partial charge in [-0.2, -0.15) is 0 Å². The maximum Gasteiger partial charge on any atom is 0.410 e. The zero-order chi connectivity index (χ0) is 12.2. The molecule has 4 heteroatoms. The van der Waals surface area contributed by atoms with E-state index in [1.807, 2.05) is 25.7 Å². The Bertz CT molecular complexity index is 318. The highest BCUT2D eigenvalue weighted by Gasteiger charge is 2.54. The van der Waals surface area contributed by atoms with Gasteiger partial charge in [-0.3, -0.25) is 0 Å². The number of amides is 1. The average Bonchev–Trinajstić information content (AvgIpc) is 2.87. The minimum absolute atomic E-state index is 0.161. The van der Waals surface area contributed by atoms with Gasteiger partial charge in [0, 0.05) is 24.9 Å². The van der Waals surface area contributed by atoms with Crippen LogP contribution in [-0.4, -0.2) is 41.9 Å². The summed E-state index contributed by atoms with van der Waals surface area (Å²) in [5, 5.41) is 0. The van der Waals surface area contributed by atoms with Crippen LogP contribution in [0.15, 0.2) is 0 Å². The first-order valence-electron chi connectivity index (χ1n) is 6.57. The predicted molar refractivity (Wildman–Crippen MR) is 62.7 cm³/mol. The molecule has 0 unspecified atom stereocenters. The van der Waals surface area contributed by atoms with E-state index < -0.39 is 5.60 Å². The van der Waals surface area contributed by atoms with Crippen molar-refractivity contribution in [3.05, 3.63) is 0 Å².